The van der Waals surface area contributed by atoms with Crippen molar-refractivity contribution < 1.29 is 0 Å². The van der Waals surface area contributed by atoms with Crippen molar-refractivity contribution in [1.82, 2.24) is 14.9 Å². The smallest absolute Gasteiger partial charge is 0.128 e. The van der Waals surface area contributed by atoms with E-state index in [1.165, 1.54) is 12.2 Å². The van der Waals surface area contributed by atoms with Gasteiger partial charge in [0.15, 0.2) is 0 Å². The number of hydrogen-bond acceptors (Lipinski definition) is 2. The summed E-state index contributed by atoms with van der Waals surface area (Å²) in [4.78, 5) is 4.56. The van der Waals surface area contributed by atoms with Gasteiger partial charge in [0.2, 0.25) is 0 Å². The van der Waals surface area contributed by atoms with Gasteiger partial charge in [-0.1, -0.05) is 0 Å². The van der Waals surface area contributed by atoms with Crippen molar-refractivity contribution >= 4 is 0 Å². The van der Waals surface area contributed by atoms with Gasteiger partial charge in [-0.25, -0.2) is 4.98 Å². The number of aryl methyl sites for hydroxylation is 2. The molecule has 1 aromatic rings. The third kappa shape index (κ3) is 1.48. The Labute approximate surface area is 79.2 Å². The second-order valence-electron chi connectivity index (χ2n) is 4.30. The lowest BCUT2D eigenvalue weighted by molar-refractivity contribution is 0.394. The van der Waals surface area contributed by atoms with E-state index in [-0.39, 0.29) is 5.54 Å². The molecule has 0 saturated heterocycles. The molecule has 1 aromatic heterocycles. The molecule has 0 radical (unpaired) electrons. The van der Waals surface area contributed by atoms with Crippen molar-refractivity contribution in [2.24, 2.45) is 0 Å². The summed E-state index contributed by atoms with van der Waals surface area (Å²) in [5.41, 5.74) is 1.14. The maximum absolute atomic E-state index is 4.56. The Balaban J connectivity index is 2.47. The predicted molar refractivity (Wildman–Crippen MR) is 52.6 cm³/mol. The molecule has 72 valence electrons. The van der Waals surface area contributed by atoms with Gasteiger partial charge in [0.05, 0.1) is 11.2 Å². The van der Waals surface area contributed by atoms with Gasteiger partial charge >= 0.3 is 0 Å². The molecule has 1 aliphatic heterocycles. The molecule has 0 aromatic carbocycles. The molecule has 0 amide bonds. The third-order valence-electron chi connectivity index (χ3n) is 2.60. The van der Waals surface area contributed by atoms with Crippen molar-refractivity contribution in [1.29, 1.82) is 0 Å². The van der Waals surface area contributed by atoms with Gasteiger partial charge in [-0.3, -0.25) is 0 Å². The summed E-state index contributed by atoms with van der Waals surface area (Å²) in [5.74, 6) is 1.17. The Morgan fingerprint density at radius 1 is 1.54 bits per heavy atom. The molecule has 0 bridgehead atoms. The SMILES string of the molecule is Cc1cn2c(n1)C(C)(C)NCCC2. The van der Waals surface area contributed by atoms with Crippen LogP contribution >= 0.6 is 0 Å². The minimum Gasteiger partial charge on any atom is -0.333 e. The van der Waals surface area contributed by atoms with Crippen LogP contribution in [0.25, 0.3) is 0 Å². The fourth-order valence-corrected chi connectivity index (χ4v) is 1.95. The molecule has 2 rings (SSSR count). The van der Waals surface area contributed by atoms with Crippen molar-refractivity contribution in [2.75, 3.05) is 6.54 Å². The monoisotopic (exact) mass is 179 g/mol. The van der Waals surface area contributed by atoms with Crippen LogP contribution in [0.3, 0.4) is 0 Å². The first-order chi connectivity index (χ1) is 6.09. The summed E-state index contributed by atoms with van der Waals surface area (Å²) in [6.45, 7) is 8.60. The Morgan fingerprint density at radius 2 is 2.31 bits per heavy atom. The highest BCUT2D eigenvalue weighted by Gasteiger charge is 2.27. The number of aromatic nitrogens is 2. The number of nitrogens with zero attached hydrogens (tertiary/aromatic N) is 2. The van der Waals surface area contributed by atoms with E-state index in [0.717, 1.165) is 18.8 Å². The third-order valence-corrected chi connectivity index (χ3v) is 2.60. The van der Waals surface area contributed by atoms with Crippen LogP contribution in [-0.2, 0) is 12.1 Å². The Morgan fingerprint density at radius 3 is 3.08 bits per heavy atom. The van der Waals surface area contributed by atoms with E-state index >= 15 is 0 Å². The van der Waals surface area contributed by atoms with Gasteiger partial charge in [-0.15, -0.1) is 0 Å². The van der Waals surface area contributed by atoms with E-state index in [1.807, 2.05) is 0 Å². The average molecular weight is 179 g/mol. The number of rotatable bonds is 0. The van der Waals surface area contributed by atoms with Gasteiger partial charge < -0.3 is 9.88 Å². The Hall–Kier alpha value is -0.830. The van der Waals surface area contributed by atoms with Gasteiger partial charge in [-0.2, -0.15) is 0 Å². The molecular formula is C10H17N3. The molecule has 1 N–H and O–H groups in total. The summed E-state index contributed by atoms with van der Waals surface area (Å²) in [6.07, 6.45) is 3.33. The Kier molecular flexibility index (Phi) is 1.91. The van der Waals surface area contributed by atoms with Crippen molar-refractivity contribution in [3.05, 3.63) is 17.7 Å². The van der Waals surface area contributed by atoms with Crippen LogP contribution in [0.5, 0.6) is 0 Å². The lowest BCUT2D eigenvalue weighted by atomic mass is 10.1. The van der Waals surface area contributed by atoms with Crippen molar-refractivity contribution in [2.45, 2.75) is 39.3 Å². The highest BCUT2D eigenvalue weighted by atomic mass is 15.2. The van der Waals surface area contributed by atoms with Crippen LogP contribution in [0.2, 0.25) is 0 Å². The number of nitrogens with one attached hydrogen (secondary N) is 1. The Bertz CT molecular complexity index is 312. The molecule has 0 atom stereocenters. The summed E-state index contributed by atoms with van der Waals surface area (Å²) in [7, 11) is 0. The summed E-state index contributed by atoms with van der Waals surface area (Å²) in [6, 6.07) is 0. The highest BCUT2D eigenvalue weighted by molar-refractivity contribution is 5.11. The minimum absolute atomic E-state index is 0.0186. The summed E-state index contributed by atoms with van der Waals surface area (Å²) < 4.78 is 2.27. The lowest BCUT2D eigenvalue weighted by Crippen LogP contribution is -2.37. The molecule has 3 heteroatoms. The lowest BCUT2D eigenvalue weighted by Gasteiger charge is -2.23. The van der Waals surface area contributed by atoms with E-state index in [2.05, 4.69) is 41.8 Å². The number of fused-ring (bicyclic) bond motifs is 1. The van der Waals surface area contributed by atoms with E-state index in [9.17, 15) is 0 Å². The first kappa shape index (κ1) is 8.75. The average Bonchev–Trinajstić information content (AvgIpc) is 2.36. The second-order valence-corrected chi connectivity index (χ2v) is 4.30. The quantitative estimate of drug-likeness (QED) is 0.652. The molecule has 13 heavy (non-hydrogen) atoms. The fraction of sp³-hybridized carbons (Fsp3) is 0.700. The van der Waals surface area contributed by atoms with Crippen molar-refractivity contribution in [3.8, 4) is 0 Å². The van der Waals surface area contributed by atoms with Gasteiger partial charge in [0, 0.05) is 12.7 Å². The maximum atomic E-state index is 4.56. The molecule has 3 nitrogen and oxygen atoms in total. The molecule has 2 heterocycles. The second kappa shape index (κ2) is 2.84. The molecule has 0 fully saturated rings. The largest absolute Gasteiger partial charge is 0.333 e. The highest BCUT2D eigenvalue weighted by Crippen LogP contribution is 2.21. The van der Waals surface area contributed by atoms with Gasteiger partial charge in [-0.05, 0) is 33.7 Å². The van der Waals surface area contributed by atoms with Crippen LogP contribution in [0, 0.1) is 6.92 Å². The fourth-order valence-electron chi connectivity index (χ4n) is 1.95. The van der Waals surface area contributed by atoms with E-state index in [1.54, 1.807) is 0 Å². The van der Waals surface area contributed by atoms with Crippen LogP contribution < -0.4 is 5.32 Å². The normalized spacial score (nSPS) is 20.8. The standard InChI is InChI=1S/C10H17N3/c1-8-7-13-6-4-5-11-10(2,3)9(13)12-8/h7,11H,4-6H2,1-3H3. The van der Waals surface area contributed by atoms with E-state index in [4.69, 9.17) is 0 Å². The zero-order valence-corrected chi connectivity index (χ0v) is 8.59. The van der Waals surface area contributed by atoms with Crippen LogP contribution in [-0.4, -0.2) is 16.1 Å². The molecule has 0 unspecified atom stereocenters. The molecule has 0 spiro atoms. The molecular weight excluding hydrogens is 162 g/mol. The molecule has 0 aliphatic carbocycles. The van der Waals surface area contributed by atoms with E-state index < -0.39 is 0 Å². The first-order valence-electron chi connectivity index (χ1n) is 4.89. The van der Waals surface area contributed by atoms with Gasteiger partial charge in [0.1, 0.15) is 5.82 Å². The van der Waals surface area contributed by atoms with E-state index in [0.29, 0.717) is 0 Å². The minimum atomic E-state index is 0.0186. The zero-order valence-electron chi connectivity index (χ0n) is 8.59. The van der Waals surface area contributed by atoms with Crippen LogP contribution in [0.1, 0.15) is 31.8 Å². The molecule has 0 saturated carbocycles. The number of imidazole rings is 1. The first-order valence-corrected chi connectivity index (χ1v) is 4.89. The summed E-state index contributed by atoms with van der Waals surface area (Å²) >= 11 is 0. The summed E-state index contributed by atoms with van der Waals surface area (Å²) in [5, 5.41) is 3.51. The van der Waals surface area contributed by atoms with Crippen molar-refractivity contribution in [3.63, 3.8) is 0 Å². The zero-order chi connectivity index (χ0) is 9.47. The topological polar surface area (TPSA) is 29.9 Å². The van der Waals surface area contributed by atoms with Crippen LogP contribution in [0.4, 0.5) is 0 Å². The van der Waals surface area contributed by atoms with Gasteiger partial charge in [0.25, 0.3) is 0 Å². The maximum Gasteiger partial charge on any atom is 0.128 e. The predicted octanol–water partition coefficient (Wildman–Crippen LogP) is 1.42. The number of hydrogen-bond donors (Lipinski definition) is 1. The molecule has 1 aliphatic rings. The van der Waals surface area contributed by atoms with Crippen LogP contribution in [0.15, 0.2) is 6.20 Å².